The van der Waals surface area contributed by atoms with E-state index in [1.54, 1.807) is 6.20 Å². The van der Waals surface area contributed by atoms with Crippen molar-refractivity contribution in [3.8, 4) is 11.9 Å². The maximum Gasteiger partial charge on any atom is 0.171 e. The molecule has 0 spiro atoms. The molecule has 0 fully saturated rings. The van der Waals surface area contributed by atoms with Gasteiger partial charge in [-0.3, -0.25) is 0 Å². The van der Waals surface area contributed by atoms with Crippen LogP contribution < -0.4 is 5.73 Å². The Morgan fingerprint density at radius 2 is 2.16 bits per heavy atom. The first kappa shape index (κ1) is 12.0. The quantitative estimate of drug-likeness (QED) is 0.864. The largest absolute Gasteiger partial charge is 0.381 e. The molecule has 0 amide bonds. The second-order valence-electron chi connectivity index (χ2n) is 4.59. The molecule has 2 heterocycles. The Morgan fingerprint density at radius 1 is 1.37 bits per heavy atom. The first-order valence-electron chi connectivity index (χ1n) is 6.13. The molecule has 5 nitrogen and oxygen atoms in total. The third-order valence-electron chi connectivity index (χ3n) is 3.31. The number of nitrogens with zero attached hydrogens (tertiary/aromatic N) is 4. The predicted octanol–water partition coefficient (Wildman–Crippen LogP) is 2.25. The lowest BCUT2D eigenvalue weighted by Gasteiger charge is -2.16. The lowest BCUT2D eigenvalue weighted by atomic mass is 9.95. The average Bonchev–Trinajstić information content (AvgIpc) is 2.77. The van der Waals surface area contributed by atoms with Crippen LogP contribution in [0.15, 0.2) is 12.3 Å². The standard InChI is InChI=1S/C13H12ClN5/c14-10-7-19(18-12(10)16)13-9(6-15)5-8-3-1-2-4-11(8)17-13/h5,7H,1-4H2,(H2,16,18). The monoisotopic (exact) mass is 273 g/mol. The fourth-order valence-electron chi connectivity index (χ4n) is 2.35. The number of aryl methyl sites for hydroxylation is 2. The molecule has 0 aromatic carbocycles. The minimum absolute atomic E-state index is 0.241. The highest BCUT2D eigenvalue weighted by Crippen LogP contribution is 2.25. The lowest BCUT2D eigenvalue weighted by Crippen LogP contribution is -2.11. The Labute approximate surface area is 115 Å². The van der Waals surface area contributed by atoms with Crippen molar-refractivity contribution >= 4 is 17.4 Å². The number of pyridine rings is 1. The summed E-state index contributed by atoms with van der Waals surface area (Å²) in [7, 11) is 0. The zero-order chi connectivity index (χ0) is 13.4. The van der Waals surface area contributed by atoms with Gasteiger partial charge < -0.3 is 5.73 Å². The average molecular weight is 274 g/mol. The smallest absolute Gasteiger partial charge is 0.171 e. The Balaban J connectivity index is 2.17. The number of fused-ring (bicyclic) bond motifs is 1. The zero-order valence-corrected chi connectivity index (χ0v) is 11.0. The lowest BCUT2D eigenvalue weighted by molar-refractivity contribution is 0.661. The summed E-state index contributed by atoms with van der Waals surface area (Å²) in [5, 5.41) is 13.7. The maximum absolute atomic E-state index is 9.26. The van der Waals surface area contributed by atoms with Gasteiger partial charge in [-0.2, -0.15) is 5.26 Å². The molecule has 0 saturated carbocycles. The summed E-state index contributed by atoms with van der Waals surface area (Å²) in [4.78, 5) is 4.57. The second-order valence-corrected chi connectivity index (χ2v) is 5.00. The van der Waals surface area contributed by atoms with E-state index < -0.39 is 0 Å². The van der Waals surface area contributed by atoms with Crippen molar-refractivity contribution in [3.63, 3.8) is 0 Å². The van der Waals surface area contributed by atoms with Gasteiger partial charge in [0.1, 0.15) is 11.1 Å². The molecule has 0 bridgehead atoms. The highest BCUT2D eigenvalue weighted by atomic mass is 35.5. The van der Waals surface area contributed by atoms with Crippen LogP contribution in [-0.2, 0) is 12.8 Å². The third kappa shape index (κ3) is 2.04. The minimum Gasteiger partial charge on any atom is -0.381 e. The molecule has 96 valence electrons. The summed E-state index contributed by atoms with van der Waals surface area (Å²) in [6.07, 6.45) is 5.79. The normalized spacial score (nSPS) is 13.9. The van der Waals surface area contributed by atoms with Crippen LogP contribution in [0.25, 0.3) is 5.82 Å². The number of rotatable bonds is 1. The Morgan fingerprint density at radius 3 is 2.84 bits per heavy atom. The van der Waals surface area contributed by atoms with E-state index in [0.29, 0.717) is 16.4 Å². The van der Waals surface area contributed by atoms with Crippen LogP contribution in [-0.4, -0.2) is 14.8 Å². The number of nitrogen functional groups attached to an aromatic ring is 1. The van der Waals surface area contributed by atoms with E-state index >= 15 is 0 Å². The minimum atomic E-state index is 0.241. The van der Waals surface area contributed by atoms with Crippen molar-refractivity contribution < 1.29 is 0 Å². The van der Waals surface area contributed by atoms with E-state index in [4.69, 9.17) is 17.3 Å². The van der Waals surface area contributed by atoms with Crippen molar-refractivity contribution in [1.29, 1.82) is 5.26 Å². The molecule has 2 N–H and O–H groups in total. The molecule has 0 radical (unpaired) electrons. The number of hydrogen-bond acceptors (Lipinski definition) is 4. The molecule has 0 unspecified atom stereocenters. The number of hydrogen-bond donors (Lipinski definition) is 1. The van der Waals surface area contributed by atoms with Gasteiger partial charge in [0.15, 0.2) is 11.6 Å². The topological polar surface area (TPSA) is 80.5 Å². The van der Waals surface area contributed by atoms with E-state index in [9.17, 15) is 5.26 Å². The molecule has 1 aliphatic carbocycles. The molecule has 0 aliphatic heterocycles. The number of aromatic nitrogens is 3. The van der Waals surface area contributed by atoms with Crippen LogP contribution in [0.4, 0.5) is 5.82 Å². The number of nitriles is 1. The molecule has 2 aromatic heterocycles. The Hall–Kier alpha value is -2.06. The number of halogens is 1. The molecule has 0 atom stereocenters. The highest BCUT2D eigenvalue weighted by molar-refractivity contribution is 6.32. The molecule has 6 heteroatoms. The molecule has 2 aromatic rings. The molecular formula is C13H12ClN5. The summed E-state index contributed by atoms with van der Waals surface area (Å²) in [6.45, 7) is 0. The fraction of sp³-hybridized carbons (Fsp3) is 0.308. The second kappa shape index (κ2) is 4.56. The van der Waals surface area contributed by atoms with Gasteiger partial charge in [-0.25, -0.2) is 9.67 Å². The van der Waals surface area contributed by atoms with Gasteiger partial charge in [0.05, 0.1) is 11.8 Å². The van der Waals surface area contributed by atoms with Crippen LogP contribution in [0.5, 0.6) is 0 Å². The van der Waals surface area contributed by atoms with Gasteiger partial charge in [0, 0.05) is 5.69 Å². The predicted molar refractivity (Wildman–Crippen MR) is 72.1 cm³/mol. The van der Waals surface area contributed by atoms with Crippen molar-refractivity contribution in [2.45, 2.75) is 25.7 Å². The first-order valence-corrected chi connectivity index (χ1v) is 6.50. The van der Waals surface area contributed by atoms with E-state index in [1.807, 2.05) is 6.07 Å². The number of anilines is 1. The van der Waals surface area contributed by atoms with E-state index in [1.165, 1.54) is 4.68 Å². The van der Waals surface area contributed by atoms with Gasteiger partial charge in [0.2, 0.25) is 0 Å². The van der Waals surface area contributed by atoms with Gasteiger partial charge in [-0.05, 0) is 37.3 Å². The van der Waals surface area contributed by atoms with Crippen LogP contribution in [0.2, 0.25) is 5.02 Å². The highest BCUT2D eigenvalue weighted by Gasteiger charge is 2.17. The summed E-state index contributed by atoms with van der Waals surface area (Å²) in [5.41, 5.74) is 8.34. The van der Waals surface area contributed by atoms with Crippen LogP contribution in [0.3, 0.4) is 0 Å². The van der Waals surface area contributed by atoms with Gasteiger partial charge in [-0.15, -0.1) is 5.10 Å². The van der Waals surface area contributed by atoms with E-state index in [2.05, 4.69) is 16.2 Å². The summed E-state index contributed by atoms with van der Waals surface area (Å²) in [6, 6.07) is 4.07. The van der Waals surface area contributed by atoms with Gasteiger partial charge in [0.25, 0.3) is 0 Å². The maximum atomic E-state index is 9.26. The molecule has 0 saturated heterocycles. The van der Waals surface area contributed by atoms with Crippen LogP contribution in [0.1, 0.15) is 29.7 Å². The van der Waals surface area contributed by atoms with Gasteiger partial charge in [-0.1, -0.05) is 11.6 Å². The van der Waals surface area contributed by atoms with E-state index in [-0.39, 0.29) is 5.82 Å². The van der Waals surface area contributed by atoms with Gasteiger partial charge >= 0.3 is 0 Å². The third-order valence-corrected chi connectivity index (χ3v) is 3.61. The van der Waals surface area contributed by atoms with Crippen molar-refractivity contribution in [1.82, 2.24) is 14.8 Å². The van der Waals surface area contributed by atoms with Crippen LogP contribution >= 0.6 is 11.6 Å². The van der Waals surface area contributed by atoms with Crippen molar-refractivity contribution in [2.24, 2.45) is 0 Å². The molecular weight excluding hydrogens is 262 g/mol. The summed E-state index contributed by atoms with van der Waals surface area (Å²) < 4.78 is 1.48. The first-order chi connectivity index (χ1) is 9.19. The van der Waals surface area contributed by atoms with Crippen molar-refractivity contribution in [2.75, 3.05) is 5.73 Å². The molecule has 3 rings (SSSR count). The molecule has 1 aliphatic rings. The Kier molecular flexibility index (Phi) is 2.88. The SMILES string of the molecule is N#Cc1cc2c(nc1-n1cc(Cl)c(N)n1)CCCC2. The molecule has 19 heavy (non-hydrogen) atoms. The summed E-state index contributed by atoms with van der Waals surface area (Å²) in [5.74, 6) is 0.742. The van der Waals surface area contributed by atoms with Crippen molar-refractivity contribution in [3.05, 3.63) is 34.1 Å². The zero-order valence-electron chi connectivity index (χ0n) is 10.2. The van der Waals surface area contributed by atoms with E-state index in [0.717, 1.165) is 36.9 Å². The number of nitrogens with two attached hydrogens (primary N) is 1. The Bertz CT molecular complexity index is 664. The summed E-state index contributed by atoms with van der Waals surface area (Å²) >= 11 is 5.90. The van der Waals surface area contributed by atoms with Crippen LogP contribution in [0, 0.1) is 11.3 Å². The fourth-order valence-corrected chi connectivity index (χ4v) is 2.48.